The quantitative estimate of drug-likeness (QED) is 0.172. The van der Waals surface area contributed by atoms with E-state index in [1.54, 1.807) is 48.8 Å². The Labute approximate surface area is 235 Å². The van der Waals surface area contributed by atoms with Gasteiger partial charge in [-0.1, -0.05) is 30.3 Å². The first-order valence-corrected chi connectivity index (χ1v) is 14.1. The Balaban J connectivity index is 1.61. The van der Waals surface area contributed by atoms with Crippen molar-refractivity contribution in [3.63, 3.8) is 0 Å². The summed E-state index contributed by atoms with van der Waals surface area (Å²) in [5, 5.41) is 15.6. The van der Waals surface area contributed by atoms with Gasteiger partial charge in [0.25, 0.3) is 5.91 Å². The van der Waals surface area contributed by atoms with Crippen molar-refractivity contribution in [2.45, 2.75) is 24.8 Å². The van der Waals surface area contributed by atoms with E-state index in [9.17, 15) is 23.5 Å². The van der Waals surface area contributed by atoms with E-state index in [4.69, 9.17) is 0 Å². The number of H-pyrrole nitrogens is 1. The first-order chi connectivity index (χ1) is 19.3. The number of imidazole rings is 1. The molecule has 40 heavy (non-hydrogen) atoms. The zero-order chi connectivity index (χ0) is 28.5. The van der Waals surface area contributed by atoms with Crippen molar-refractivity contribution in [1.82, 2.24) is 15.3 Å². The van der Waals surface area contributed by atoms with Crippen molar-refractivity contribution < 1.29 is 23.5 Å². The molecule has 0 saturated carbocycles. The molecule has 4 rings (SSSR count). The highest BCUT2D eigenvalue weighted by Gasteiger charge is 2.23. The predicted molar refractivity (Wildman–Crippen MR) is 153 cm³/mol. The summed E-state index contributed by atoms with van der Waals surface area (Å²) in [5.41, 5.74) is 3.30. The number of aromatic nitrogens is 2. The van der Waals surface area contributed by atoms with Crippen LogP contribution in [0, 0.1) is 11.6 Å². The van der Waals surface area contributed by atoms with E-state index >= 15 is 0 Å². The minimum absolute atomic E-state index is 0.227. The van der Waals surface area contributed by atoms with Crippen molar-refractivity contribution in [3.05, 3.63) is 119 Å². The van der Waals surface area contributed by atoms with Gasteiger partial charge >= 0.3 is 5.97 Å². The van der Waals surface area contributed by atoms with E-state index in [0.29, 0.717) is 41.4 Å². The SMILES string of the molecule is CSCC[C@H](NC(=O)c1cc(NCC(c2ccc(F)cc2)c2ncc[nH]2)ccc1Cc1ccc(F)cc1)C(=O)O. The largest absolute Gasteiger partial charge is 0.480 e. The van der Waals surface area contributed by atoms with E-state index in [2.05, 4.69) is 20.6 Å². The molecule has 0 fully saturated rings. The van der Waals surface area contributed by atoms with Crippen LogP contribution >= 0.6 is 11.8 Å². The first kappa shape index (κ1) is 28.8. The standard InChI is InChI=1S/C30H30F2N4O3S/c1-40-15-12-27(30(38)39)36-29(37)25-17-24(11-6-21(25)16-19-2-7-22(31)8-3-19)35-18-26(28-33-13-14-34-28)20-4-9-23(32)10-5-20/h2-11,13-14,17,26-27,35H,12,15-16,18H2,1H3,(H,33,34)(H,36,37)(H,38,39)/t26?,27-/m0/s1. The molecule has 1 aromatic heterocycles. The molecule has 1 amide bonds. The lowest BCUT2D eigenvalue weighted by atomic mass is 9.96. The summed E-state index contributed by atoms with van der Waals surface area (Å²) in [6, 6.07) is 16.5. The van der Waals surface area contributed by atoms with Crippen LogP contribution in [0.1, 0.15) is 45.2 Å². The van der Waals surface area contributed by atoms with E-state index in [1.807, 2.05) is 12.3 Å². The summed E-state index contributed by atoms with van der Waals surface area (Å²) in [4.78, 5) is 32.7. The zero-order valence-electron chi connectivity index (χ0n) is 21.9. The van der Waals surface area contributed by atoms with Crippen molar-refractivity contribution in [2.75, 3.05) is 23.9 Å². The molecule has 1 unspecified atom stereocenters. The van der Waals surface area contributed by atoms with Crippen LogP contribution in [-0.4, -0.2) is 51.5 Å². The highest BCUT2D eigenvalue weighted by molar-refractivity contribution is 7.98. The Morgan fingerprint density at radius 2 is 1.73 bits per heavy atom. The lowest BCUT2D eigenvalue weighted by molar-refractivity contribution is -0.139. The number of nitrogens with one attached hydrogen (secondary N) is 3. The number of rotatable bonds is 13. The number of carboxylic acid groups (broad SMARTS) is 1. The minimum atomic E-state index is -1.10. The van der Waals surface area contributed by atoms with E-state index in [0.717, 1.165) is 11.1 Å². The summed E-state index contributed by atoms with van der Waals surface area (Å²) in [7, 11) is 0. The van der Waals surface area contributed by atoms with Crippen molar-refractivity contribution in [1.29, 1.82) is 0 Å². The van der Waals surface area contributed by atoms with Crippen LogP contribution < -0.4 is 10.6 Å². The summed E-state index contributed by atoms with van der Waals surface area (Å²) in [6.07, 6.45) is 5.88. The number of carbonyl (C=O) groups is 2. The van der Waals surface area contributed by atoms with Gasteiger partial charge in [0.15, 0.2) is 0 Å². The fourth-order valence-electron chi connectivity index (χ4n) is 4.36. The number of thioether (sulfide) groups is 1. The summed E-state index contributed by atoms with van der Waals surface area (Å²) < 4.78 is 27.0. The number of aliphatic carboxylic acids is 1. The average molecular weight is 565 g/mol. The molecule has 0 aliphatic carbocycles. The van der Waals surface area contributed by atoms with Gasteiger partial charge in [-0.2, -0.15) is 11.8 Å². The average Bonchev–Trinajstić information content (AvgIpc) is 3.48. The van der Waals surface area contributed by atoms with Crippen molar-refractivity contribution >= 4 is 29.3 Å². The molecule has 0 spiro atoms. The second-order valence-corrected chi connectivity index (χ2v) is 10.3. The molecule has 4 N–H and O–H groups in total. The van der Waals surface area contributed by atoms with Crippen LogP contribution in [0.3, 0.4) is 0 Å². The summed E-state index contributed by atoms with van der Waals surface area (Å²) in [5.74, 6) is -1.24. The van der Waals surface area contributed by atoms with Crippen LogP contribution in [0.2, 0.25) is 0 Å². The maximum absolute atomic E-state index is 13.6. The molecule has 0 radical (unpaired) electrons. The molecule has 7 nitrogen and oxygen atoms in total. The molecule has 2 atom stereocenters. The molecule has 208 valence electrons. The van der Waals surface area contributed by atoms with Gasteiger partial charge in [-0.05, 0) is 77.9 Å². The third-order valence-corrected chi connectivity index (χ3v) is 7.15. The van der Waals surface area contributed by atoms with Crippen molar-refractivity contribution in [3.8, 4) is 0 Å². The Morgan fingerprint density at radius 3 is 2.35 bits per heavy atom. The number of hydrogen-bond acceptors (Lipinski definition) is 5. The molecule has 1 heterocycles. The van der Waals surface area contributed by atoms with E-state index in [1.165, 1.54) is 36.0 Å². The number of halogens is 2. The lowest BCUT2D eigenvalue weighted by Gasteiger charge is -2.19. The predicted octanol–water partition coefficient (Wildman–Crippen LogP) is 5.46. The van der Waals surface area contributed by atoms with Gasteiger partial charge in [0.1, 0.15) is 23.5 Å². The molecular formula is C30H30F2N4O3S. The third-order valence-electron chi connectivity index (χ3n) is 6.51. The highest BCUT2D eigenvalue weighted by Crippen LogP contribution is 2.25. The molecule has 10 heteroatoms. The number of benzene rings is 3. The topological polar surface area (TPSA) is 107 Å². The molecule has 0 saturated heterocycles. The van der Waals surface area contributed by atoms with Crippen LogP contribution in [0.4, 0.5) is 14.5 Å². The second kappa shape index (κ2) is 13.7. The zero-order valence-corrected chi connectivity index (χ0v) is 22.7. The Kier molecular flexibility index (Phi) is 9.91. The monoisotopic (exact) mass is 564 g/mol. The maximum atomic E-state index is 13.6. The van der Waals surface area contributed by atoms with Crippen molar-refractivity contribution in [2.24, 2.45) is 0 Å². The second-order valence-electron chi connectivity index (χ2n) is 9.28. The fourth-order valence-corrected chi connectivity index (χ4v) is 4.83. The van der Waals surface area contributed by atoms with Gasteiger partial charge in [0, 0.05) is 30.2 Å². The van der Waals surface area contributed by atoms with E-state index < -0.39 is 17.9 Å². The van der Waals surface area contributed by atoms with Crippen LogP contribution in [-0.2, 0) is 11.2 Å². The fraction of sp³-hybridized carbons (Fsp3) is 0.233. The summed E-state index contributed by atoms with van der Waals surface area (Å²) >= 11 is 1.50. The number of carbonyl (C=O) groups excluding carboxylic acids is 1. The minimum Gasteiger partial charge on any atom is -0.480 e. The normalized spacial score (nSPS) is 12.5. The Morgan fingerprint density at radius 1 is 1.02 bits per heavy atom. The highest BCUT2D eigenvalue weighted by atomic mass is 32.2. The first-order valence-electron chi connectivity index (χ1n) is 12.7. The smallest absolute Gasteiger partial charge is 0.326 e. The number of aromatic amines is 1. The van der Waals surface area contributed by atoms with Gasteiger partial charge in [0.05, 0.1) is 5.92 Å². The molecule has 0 aliphatic heterocycles. The van der Waals surface area contributed by atoms with Gasteiger partial charge in [0.2, 0.25) is 0 Å². The number of anilines is 1. The summed E-state index contributed by atoms with van der Waals surface area (Å²) in [6.45, 7) is 0.392. The molecule has 0 aliphatic rings. The number of amides is 1. The third kappa shape index (κ3) is 7.69. The maximum Gasteiger partial charge on any atom is 0.326 e. The number of hydrogen-bond donors (Lipinski definition) is 4. The Hall–Kier alpha value is -4.18. The van der Waals surface area contributed by atoms with Crippen LogP contribution in [0.15, 0.2) is 79.1 Å². The van der Waals surface area contributed by atoms with Gasteiger partial charge < -0.3 is 20.7 Å². The number of carboxylic acids is 1. The molecule has 4 aromatic rings. The molecule has 0 bridgehead atoms. The van der Waals surface area contributed by atoms with Gasteiger partial charge in [-0.3, -0.25) is 4.79 Å². The van der Waals surface area contributed by atoms with E-state index in [-0.39, 0.29) is 24.0 Å². The van der Waals surface area contributed by atoms with Gasteiger partial charge in [-0.25, -0.2) is 18.6 Å². The van der Waals surface area contributed by atoms with Crippen LogP contribution in [0.5, 0.6) is 0 Å². The molecular weight excluding hydrogens is 534 g/mol. The lowest BCUT2D eigenvalue weighted by Crippen LogP contribution is -2.41. The number of nitrogens with zero attached hydrogens (tertiary/aromatic N) is 1. The molecule has 3 aromatic carbocycles. The Bertz CT molecular complexity index is 1410. The van der Waals surface area contributed by atoms with Crippen LogP contribution in [0.25, 0.3) is 0 Å². The van der Waals surface area contributed by atoms with Gasteiger partial charge in [-0.15, -0.1) is 0 Å².